The van der Waals surface area contributed by atoms with E-state index in [0.29, 0.717) is 6.61 Å². The first-order valence-electron chi connectivity index (χ1n) is 7.07. The maximum Gasteiger partial charge on any atom is 0.119 e. The van der Waals surface area contributed by atoms with Crippen LogP contribution >= 0.6 is 0 Å². The molecule has 1 aromatic heterocycles. The molecule has 5 heteroatoms. The summed E-state index contributed by atoms with van der Waals surface area (Å²) in [7, 11) is 1.91. The van der Waals surface area contributed by atoms with Crippen molar-refractivity contribution in [3.8, 4) is 5.75 Å². The van der Waals surface area contributed by atoms with E-state index in [-0.39, 0.29) is 6.04 Å². The van der Waals surface area contributed by atoms with Gasteiger partial charge in [-0.2, -0.15) is 0 Å². The van der Waals surface area contributed by atoms with E-state index in [4.69, 9.17) is 4.74 Å². The molecule has 0 radical (unpaired) electrons. The summed E-state index contributed by atoms with van der Waals surface area (Å²) in [6.45, 7) is 5.77. The molecular weight excluding hydrogens is 252 g/mol. The Morgan fingerprint density at radius 2 is 2.00 bits per heavy atom. The summed E-state index contributed by atoms with van der Waals surface area (Å²) in [5.74, 6) is 0.897. The van der Waals surface area contributed by atoms with E-state index in [9.17, 15) is 0 Å². The van der Waals surface area contributed by atoms with Crippen molar-refractivity contribution in [3.05, 3.63) is 41.7 Å². The number of ether oxygens (including phenoxy) is 1. The molecule has 1 unspecified atom stereocenters. The van der Waals surface area contributed by atoms with Crippen LogP contribution in [-0.4, -0.2) is 28.1 Å². The first kappa shape index (κ1) is 14.5. The predicted molar refractivity (Wildman–Crippen MR) is 78.8 cm³/mol. The molecule has 0 aliphatic carbocycles. The van der Waals surface area contributed by atoms with Crippen molar-refractivity contribution in [2.45, 2.75) is 26.3 Å². The number of nitrogens with zero attached hydrogens (tertiary/aromatic N) is 3. The number of aromatic nitrogens is 3. The van der Waals surface area contributed by atoms with Crippen molar-refractivity contribution in [2.75, 3.05) is 13.2 Å². The normalized spacial score (nSPS) is 12.3. The van der Waals surface area contributed by atoms with Gasteiger partial charge in [-0.15, -0.1) is 5.10 Å². The number of benzene rings is 1. The van der Waals surface area contributed by atoms with Gasteiger partial charge < -0.3 is 10.1 Å². The number of nitrogens with one attached hydrogen (secondary N) is 1. The number of aryl methyl sites for hydroxylation is 1. The lowest BCUT2D eigenvalue weighted by Gasteiger charge is -2.19. The van der Waals surface area contributed by atoms with E-state index < -0.39 is 0 Å². The summed E-state index contributed by atoms with van der Waals surface area (Å²) < 4.78 is 7.30. The molecule has 0 fully saturated rings. The van der Waals surface area contributed by atoms with Crippen LogP contribution in [0, 0.1) is 0 Å². The summed E-state index contributed by atoms with van der Waals surface area (Å²) in [5.41, 5.74) is 2.25. The molecule has 1 N–H and O–H groups in total. The van der Waals surface area contributed by atoms with Crippen LogP contribution in [-0.2, 0) is 7.05 Å². The van der Waals surface area contributed by atoms with Crippen molar-refractivity contribution >= 4 is 0 Å². The standard InChI is InChI=1S/C15H22N4O/c1-4-10-16-15(14-11-17-18-19(14)3)12-6-8-13(9-7-12)20-5-2/h6-9,11,15-16H,4-5,10H2,1-3H3. The van der Waals surface area contributed by atoms with Crippen LogP contribution < -0.4 is 10.1 Å². The minimum Gasteiger partial charge on any atom is -0.494 e. The Kier molecular flexibility index (Phi) is 5.12. The number of rotatable bonds is 7. The van der Waals surface area contributed by atoms with E-state index in [0.717, 1.165) is 24.4 Å². The topological polar surface area (TPSA) is 52.0 Å². The summed E-state index contributed by atoms with van der Waals surface area (Å²) >= 11 is 0. The van der Waals surface area contributed by atoms with E-state index in [2.05, 4.69) is 34.7 Å². The lowest BCUT2D eigenvalue weighted by molar-refractivity contribution is 0.340. The minimum atomic E-state index is 0.102. The zero-order valence-corrected chi connectivity index (χ0v) is 12.3. The van der Waals surface area contributed by atoms with E-state index in [1.807, 2.05) is 37.0 Å². The van der Waals surface area contributed by atoms with E-state index in [1.54, 1.807) is 0 Å². The molecule has 1 atom stereocenters. The molecule has 1 heterocycles. The lowest BCUT2D eigenvalue weighted by Crippen LogP contribution is -2.25. The molecule has 5 nitrogen and oxygen atoms in total. The van der Waals surface area contributed by atoms with Crippen molar-refractivity contribution < 1.29 is 4.74 Å². The van der Waals surface area contributed by atoms with Gasteiger partial charge in [0.1, 0.15) is 5.75 Å². The van der Waals surface area contributed by atoms with Crippen LogP contribution in [0.5, 0.6) is 5.75 Å². The fourth-order valence-electron chi connectivity index (χ4n) is 2.16. The molecule has 0 aliphatic heterocycles. The van der Waals surface area contributed by atoms with Gasteiger partial charge in [0.05, 0.1) is 24.5 Å². The highest BCUT2D eigenvalue weighted by Gasteiger charge is 2.17. The second kappa shape index (κ2) is 7.05. The Bertz CT molecular complexity index is 521. The molecule has 0 aliphatic rings. The molecular formula is C15H22N4O. The molecule has 0 bridgehead atoms. The quantitative estimate of drug-likeness (QED) is 0.841. The average molecular weight is 274 g/mol. The number of hydrogen-bond donors (Lipinski definition) is 1. The van der Waals surface area contributed by atoms with Gasteiger partial charge in [-0.1, -0.05) is 24.3 Å². The average Bonchev–Trinajstić information content (AvgIpc) is 2.88. The SMILES string of the molecule is CCCNC(c1ccc(OCC)cc1)c1cnnn1C. The van der Waals surface area contributed by atoms with Gasteiger partial charge in [-0.05, 0) is 37.6 Å². The monoisotopic (exact) mass is 274 g/mol. The van der Waals surface area contributed by atoms with Gasteiger partial charge >= 0.3 is 0 Å². The summed E-state index contributed by atoms with van der Waals surface area (Å²) in [6, 6.07) is 8.29. The third kappa shape index (κ3) is 3.36. The second-order valence-electron chi connectivity index (χ2n) is 4.67. The number of hydrogen-bond acceptors (Lipinski definition) is 4. The molecule has 0 amide bonds. The van der Waals surface area contributed by atoms with Gasteiger partial charge in [0.15, 0.2) is 0 Å². The third-order valence-corrected chi connectivity index (χ3v) is 3.17. The predicted octanol–water partition coefficient (Wildman–Crippen LogP) is 2.30. The van der Waals surface area contributed by atoms with Crippen LogP contribution in [0.2, 0.25) is 0 Å². The molecule has 108 valence electrons. The van der Waals surface area contributed by atoms with Crippen LogP contribution in [0.4, 0.5) is 0 Å². The fraction of sp³-hybridized carbons (Fsp3) is 0.467. The highest BCUT2D eigenvalue weighted by atomic mass is 16.5. The van der Waals surface area contributed by atoms with Crippen LogP contribution in [0.15, 0.2) is 30.5 Å². The van der Waals surface area contributed by atoms with Gasteiger partial charge in [-0.3, -0.25) is 4.68 Å². The zero-order valence-electron chi connectivity index (χ0n) is 12.3. The molecule has 0 spiro atoms. The smallest absolute Gasteiger partial charge is 0.119 e. The first-order chi connectivity index (χ1) is 9.76. The molecule has 20 heavy (non-hydrogen) atoms. The summed E-state index contributed by atoms with van der Waals surface area (Å²) in [5, 5.41) is 11.5. The first-order valence-corrected chi connectivity index (χ1v) is 7.07. The lowest BCUT2D eigenvalue weighted by atomic mass is 10.0. The minimum absolute atomic E-state index is 0.102. The van der Waals surface area contributed by atoms with Gasteiger partial charge in [0.25, 0.3) is 0 Å². The Balaban J connectivity index is 2.24. The Morgan fingerprint density at radius 3 is 2.55 bits per heavy atom. The highest BCUT2D eigenvalue weighted by molar-refractivity contribution is 5.32. The van der Waals surface area contributed by atoms with Crippen molar-refractivity contribution in [1.82, 2.24) is 20.3 Å². The van der Waals surface area contributed by atoms with Gasteiger partial charge in [-0.25, -0.2) is 0 Å². The third-order valence-electron chi connectivity index (χ3n) is 3.17. The van der Waals surface area contributed by atoms with Crippen molar-refractivity contribution in [1.29, 1.82) is 0 Å². The van der Waals surface area contributed by atoms with Crippen molar-refractivity contribution in [3.63, 3.8) is 0 Å². The van der Waals surface area contributed by atoms with E-state index >= 15 is 0 Å². The highest BCUT2D eigenvalue weighted by Crippen LogP contribution is 2.23. The van der Waals surface area contributed by atoms with Crippen LogP contribution in [0.1, 0.15) is 37.6 Å². The van der Waals surface area contributed by atoms with E-state index in [1.165, 1.54) is 5.56 Å². The summed E-state index contributed by atoms with van der Waals surface area (Å²) in [6.07, 6.45) is 2.89. The Labute approximate surface area is 120 Å². The Hall–Kier alpha value is -1.88. The molecule has 0 saturated carbocycles. The maximum atomic E-state index is 5.49. The maximum absolute atomic E-state index is 5.49. The summed E-state index contributed by atoms with van der Waals surface area (Å²) in [4.78, 5) is 0. The van der Waals surface area contributed by atoms with Crippen LogP contribution in [0.3, 0.4) is 0 Å². The second-order valence-corrected chi connectivity index (χ2v) is 4.67. The fourth-order valence-corrected chi connectivity index (χ4v) is 2.16. The van der Waals surface area contributed by atoms with Gasteiger partial charge in [0.2, 0.25) is 0 Å². The zero-order chi connectivity index (χ0) is 14.4. The van der Waals surface area contributed by atoms with Crippen molar-refractivity contribution in [2.24, 2.45) is 7.05 Å². The molecule has 2 rings (SSSR count). The molecule has 2 aromatic rings. The largest absolute Gasteiger partial charge is 0.494 e. The van der Waals surface area contributed by atoms with Gasteiger partial charge in [0, 0.05) is 7.05 Å². The Morgan fingerprint density at radius 1 is 1.25 bits per heavy atom. The molecule has 0 saturated heterocycles. The molecule has 1 aromatic carbocycles. The van der Waals surface area contributed by atoms with Crippen LogP contribution in [0.25, 0.3) is 0 Å².